The van der Waals surface area contributed by atoms with Crippen LogP contribution in [0.4, 0.5) is 0 Å². The van der Waals surface area contributed by atoms with E-state index in [1.807, 2.05) is 0 Å². The summed E-state index contributed by atoms with van der Waals surface area (Å²) >= 11 is 0. The molecule has 0 rings (SSSR count). The highest BCUT2D eigenvalue weighted by molar-refractivity contribution is 5.70. The highest BCUT2D eigenvalue weighted by Gasteiger charge is 2.16. The lowest BCUT2D eigenvalue weighted by atomic mass is 10.0. The number of allylic oxidation sites excluding steroid dienone is 2. The van der Waals surface area contributed by atoms with Gasteiger partial charge in [0.15, 0.2) is 6.10 Å². The number of carbonyl (C=O) groups is 2. The average molecular weight is 637 g/mol. The lowest BCUT2D eigenvalue weighted by Crippen LogP contribution is -2.28. The van der Waals surface area contributed by atoms with Crippen molar-refractivity contribution in [2.24, 2.45) is 0 Å². The van der Waals surface area contributed by atoms with E-state index in [0.717, 1.165) is 44.9 Å². The maximum absolute atomic E-state index is 12.2. The van der Waals surface area contributed by atoms with Crippen LogP contribution in [0.25, 0.3) is 0 Å². The second kappa shape index (κ2) is 37.1. The molecule has 1 atom stereocenters. The van der Waals surface area contributed by atoms with Gasteiger partial charge in [-0.15, -0.1) is 0 Å². The number of unbranched alkanes of at least 4 members (excludes halogenated alkanes) is 26. The highest BCUT2D eigenvalue weighted by Crippen LogP contribution is 2.15. The number of esters is 2. The van der Waals surface area contributed by atoms with E-state index in [9.17, 15) is 14.7 Å². The molecule has 0 saturated heterocycles. The van der Waals surface area contributed by atoms with Crippen LogP contribution in [0.1, 0.15) is 213 Å². The fraction of sp³-hybridized carbons (Fsp3) is 0.900. The number of aliphatic hydroxyl groups is 1. The van der Waals surface area contributed by atoms with E-state index in [0.29, 0.717) is 12.8 Å². The van der Waals surface area contributed by atoms with E-state index in [1.54, 1.807) is 0 Å². The number of hydrogen-bond donors (Lipinski definition) is 1. The van der Waals surface area contributed by atoms with Gasteiger partial charge in [-0.2, -0.15) is 0 Å². The standard InChI is InChI=1S/C40H76O5/c1-3-5-7-9-11-13-15-17-19-21-22-24-26-28-30-32-34-39(42)44-37-38(36-41)45-40(43)35-33-31-29-27-25-23-20-18-16-14-12-10-8-6-4-2/h19,21,38,41H,3-18,20,22-37H2,1-2H3/b21-19-/t38-/m0/s1. The molecule has 0 amide bonds. The zero-order chi connectivity index (χ0) is 32.9. The number of carbonyl (C=O) groups excluding carboxylic acids is 2. The molecule has 0 aromatic rings. The highest BCUT2D eigenvalue weighted by atomic mass is 16.6. The molecule has 0 aliphatic carbocycles. The van der Waals surface area contributed by atoms with Gasteiger partial charge >= 0.3 is 11.9 Å². The second-order valence-corrected chi connectivity index (χ2v) is 13.4. The Hall–Kier alpha value is -1.36. The maximum Gasteiger partial charge on any atom is 0.306 e. The molecule has 0 heterocycles. The molecule has 0 aliphatic rings. The third kappa shape index (κ3) is 35.3. The second-order valence-electron chi connectivity index (χ2n) is 13.4. The Bertz CT molecular complexity index is 647. The Balaban J connectivity index is 3.53. The fourth-order valence-electron chi connectivity index (χ4n) is 5.78. The lowest BCUT2D eigenvalue weighted by Gasteiger charge is -2.15. The Morgan fingerprint density at radius 3 is 1.20 bits per heavy atom. The molecule has 5 nitrogen and oxygen atoms in total. The van der Waals surface area contributed by atoms with Crippen molar-refractivity contribution in [2.75, 3.05) is 13.2 Å². The lowest BCUT2D eigenvalue weighted by molar-refractivity contribution is -0.161. The summed E-state index contributed by atoms with van der Waals surface area (Å²) in [5, 5.41) is 9.54. The summed E-state index contributed by atoms with van der Waals surface area (Å²) in [6.45, 7) is 4.14. The molecule has 266 valence electrons. The molecule has 1 N–H and O–H groups in total. The van der Waals surface area contributed by atoms with Gasteiger partial charge in [0.25, 0.3) is 0 Å². The molecule has 0 saturated carbocycles. The van der Waals surface area contributed by atoms with Gasteiger partial charge in [-0.05, 0) is 38.5 Å². The van der Waals surface area contributed by atoms with Gasteiger partial charge in [0.1, 0.15) is 6.61 Å². The molecule has 0 unspecified atom stereocenters. The summed E-state index contributed by atoms with van der Waals surface area (Å²) in [5.74, 6) is -0.590. The van der Waals surface area contributed by atoms with E-state index in [4.69, 9.17) is 9.47 Å². The zero-order valence-electron chi connectivity index (χ0n) is 30.1. The normalized spacial score (nSPS) is 12.2. The number of ether oxygens (including phenoxy) is 2. The number of aliphatic hydroxyl groups excluding tert-OH is 1. The van der Waals surface area contributed by atoms with Gasteiger partial charge in [0.2, 0.25) is 0 Å². The first kappa shape index (κ1) is 43.6. The van der Waals surface area contributed by atoms with E-state index in [1.165, 1.54) is 141 Å². The predicted molar refractivity (Wildman–Crippen MR) is 192 cm³/mol. The number of rotatable bonds is 36. The van der Waals surface area contributed by atoms with Crippen LogP contribution in [-0.4, -0.2) is 36.4 Å². The van der Waals surface area contributed by atoms with Gasteiger partial charge in [0, 0.05) is 12.8 Å². The monoisotopic (exact) mass is 637 g/mol. The zero-order valence-corrected chi connectivity index (χ0v) is 30.1. The van der Waals surface area contributed by atoms with Gasteiger partial charge < -0.3 is 14.6 Å². The molecule has 0 bridgehead atoms. The van der Waals surface area contributed by atoms with Gasteiger partial charge in [-0.3, -0.25) is 9.59 Å². The van der Waals surface area contributed by atoms with E-state index < -0.39 is 6.10 Å². The molecule has 5 heteroatoms. The Morgan fingerprint density at radius 2 is 0.822 bits per heavy atom. The smallest absolute Gasteiger partial charge is 0.306 e. The summed E-state index contributed by atoms with van der Waals surface area (Å²) < 4.78 is 10.6. The molecule has 0 radical (unpaired) electrons. The molecule has 45 heavy (non-hydrogen) atoms. The minimum Gasteiger partial charge on any atom is -0.462 e. The molecule has 0 fully saturated rings. The third-order valence-corrected chi connectivity index (χ3v) is 8.81. The van der Waals surface area contributed by atoms with Crippen molar-refractivity contribution in [3.63, 3.8) is 0 Å². The van der Waals surface area contributed by atoms with Crippen molar-refractivity contribution in [3.8, 4) is 0 Å². The van der Waals surface area contributed by atoms with E-state index >= 15 is 0 Å². The van der Waals surface area contributed by atoms with Crippen LogP contribution in [0.2, 0.25) is 0 Å². The SMILES string of the molecule is CCCCCCCCC/C=C\CCCCCCCC(=O)OC[C@H](CO)OC(=O)CCCCCCCCCCCCCCCCC. The third-order valence-electron chi connectivity index (χ3n) is 8.81. The Morgan fingerprint density at radius 1 is 0.489 bits per heavy atom. The van der Waals surface area contributed by atoms with Gasteiger partial charge in [-0.25, -0.2) is 0 Å². The largest absolute Gasteiger partial charge is 0.462 e. The Kier molecular flexibility index (Phi) is 36.0. The van der Waals surface area contributed by atoms with Crippen LogP contribution in [0.15, 0.2) is 12.2 Å². The summed E-state index contributed by atoms with van der Waals surface area (Å²) in [4.78, 5) is 24.2. The fourth-order valence-corrected chi connectivity index (χ4v) is 5.78. The van der Waals surface area contributed by atoms with Crippen molar-refractivity contribution < 1.29 is 24.2 Å². The first-order valence-corrected chi connectivity index (χ1v) is 19.7. The van der Waals surface area contributed by atoms with Crippen LogP contribution >= 0.6 is 0 Å². The number of hydrogen-bond acceptors (Lipinski definition) is 5. The van der Waals surface area contributed by atoms with Gasteiger partial charge in [-0.1, -0.05) is 174 Å². The van der Waals surface area contributed by atoms with Crippen molar-refractivity contribution in [1.29, 1.82) is 0 Å². The first-order chi connectivity index (χ1) is 22.1. The van der Waals surface area contributed by atoms with Gasteiger partial charge in [0.05, 0.1) is 6.61 Å². The topological polar surface area (TPSA) is 72.8 Å². The van der Waals surface area contributed by atoms with Crippen LogP contribution < -0.4 is 0 Å². The summed E-state index contributed by atoms with van der Waals surface area (Å²) in [6.07, 6.45) is 41.2. The van der Waals surface area contributed by atoms with E-state index in [-0.39, 0.29) is 25.2 Å². The summed E-state index contributed by atoms with van der Waals surface area (Å²) in [6, 6.07) is 0. The molecule has 0 aliphatic heterocycles. The molecule has 0 aromatic heterocycles. The first-order valence-electron chi connectivity index (χ1n) is 19.7. The van der Waals surface area contributed by atoms with Crippen LogP contribution in [-0.2, 0) is 19.1 Å². The minimum atomic E-state index is -0.767. The summed E-state index contributed by atoms with van der Waals surface area (Å²) in [7, 11) is 0. The quantitative estimate of drug-likeness (QED) is 0.0421. The van der Waals surface area contributed by atoms with Crippen LogP contribution in [0, 0.1) is 0 Å². The minimum absolute atomic E-state index is 0.0644. The summed E-state index contributed by atoms with van der Waals surface area (Å²) in [5.41, 5.74) is 0. The molecular weight excluding hydrogens is 560 g/mol. The van der Waals surface area contributed by atoms with Crippen LogP contribution in [0.3, 0.4) is 0 Å². The van der Waals surface area contributed by atoms with E-state index in [2.05, 4.69) is 26.0 Å². The molecular formula is C40H76O5. The van der Waals surface area contributed by atoms with Crippen molar-refractivity contribution in [1.82, 2.24) is 0 Å². The Labute approximate surface area is 280 Å². The average Bonchev–Trinajstić information content (AvgIpc) is 3.04. The van der Waals surface area contributed by atoms with Crippen LogP contribution in [0.5, 0.6) is 0 Å². The molecule has 0 spiro atoms. The molecule has 0 aromatic carbocycles. The maximum atomic E-state index is 12.2. The van der Waals surface area contributed by atoms with Crippen molar-refractivity contribution in [3.05, 3.63) is 12.2 Å². The predicted octanol–water partition coefficient (Wildman–Crippen LogP) is 12.1. The van der Waals surface area contributed by atoms with Crippen molar-refractivity contribution >= 4 is 11.9 Å². The van der Waals surface area contributed by atoms with Crippen molar-refractivity contribution in [2.45, 2.75) is 219 Å².